The molecule has 0 aliphatic rings. The molecule has 0 bridgehead atoms. The molecule has 0 fully saturated rings. The van der Waals surface area contributed by atoms with Crippen LogP contribution in [-0.2, 0) is 10.1 Å². The highest BCUT2D eigenvalue weighted by Crippen LogP contribution is 2.32. The molecule has 0 spiro atoms. The Morgan fingerprint density at radius 1 is 0.793 bits per heavy atom. The van der Waals surface area contributed by atoms with E-state index in [-0.39, 0.29) is 21.8 Å². The minimum absolute atomic E-state index is 0.0366. The van der Waals surface area contributed by atoms with E-state index in [2.05, 4.69) is 0 Å². The van der Waals surface area contributed by atoms with Gasteiger partial charge < -0.3 is 8.60 Å². The van der Waals surface area contributed by atoms with Crippen LogP contribution in [0.4, 0.5) is 0 Å². The van der Waals surface area contributed by atoms with Crippen molar-refractivity contribution in [2.24, 2.45) is 0 Å². The number of aryl methyl sites for hydroxylation is 2. The van der Waals surface area contributed by atoms with E-state index in [1.54, 1.807) is 48.5 Å². The van der Waals surface area contributed by atoms with E-state index in [1.165, 1.54) is 12.1 Å². The molecule has 0 N–H and O–H groups in total. The molecule has 0 aliphatic carbocycles. The van der Waals surface area contributed by atoms with Gasteiger partial charge >= 0.3 is 10.1 Å². The Labute approximate surface area is 168 Å². The van der Waals surface area contributed by atoms with Crippen LogP contribution in [0, 0.1) is 13.8 Å². The van der Waals surface area contributed by atoms with Gasteiger partial charge in [0.1, 0.15) is 10.5 Å². The summed E-state index contributed by atoms with van der Waals surface area (Å²) in [5, 5.41) is 0.248. The van der Waals surface area contributed by atoms with Crippen molar-refractivity contribution in [1.82, 2.24) is 0 Å². The lowest BCUT2D eigenvalue weighted by Crippen LogP contribution is -2.17. The minimum atomic E-state index is -4.22. The number of para-hydroxylation sites is 1. The first-order valence-corrected chi connectivity index (χ1v) is 10.4. The Kier molecular flexibility index (Phi) is 4.72. The summed E-state index contributed by atoms with van der Waals surface area (Å²) in [6.07, 6.45) is 0. The van der Waals surface area contributed by atoms with Gasteiger partial charge in [-0.3, -0.25) is 4.79 Å². The molecule has 0 amide bonds. The average molecular weight is 406 g/mol. The molecule has 0 saturated heterocycles. The van der Waals surface area contributed by atoms with Crippen LogP contribution in [0.5, 0.6) is 5.75 Å². The molecule has 0 radical (unpaired) electrons. The van der Waals surface area contributed by atoms with Crippen molar-refractivity contribution < 1.29 is 17.0 Å². The second kappa shape index (κ2) is 7.22. The quantitative estimate of drug-likeness (QED) is 0.453. The smallest absolute Gasteiger partial charge is 0.339 e. The van der Waals surface area contributed by atoms with Gasteiger partial charge in [-0.1, -0.05) is 59.7 Å². The minimum Gasteiger partial charge on any atom is -0.452 e. The van der Waals surface area contributed by atoms with E-state index in [4.69, 9.17) is 8.60 Å². The van der Waals surface area contributed by atoms with Gasteiger partial charge in [-0.05, 0) is 38.1 Å². The van der Waals surface area contributed by atoms with E-state index in [1.807, 2.05) is 26.0 Å². The third-order valence-electron chi connectivity index (χ3n) is 4.57. The molecule has 3 aromatic carbocycles. The first kappa shape index (κ1) is 19.0. The number of hydrogen-bond donors (Lipinski definition) is 0. The Morgan fingerprint density at radius 3 is 2.03 bits per heavy atom. The summed E-state index contributed by atoms with van der Waals surface area (Å²) < 4.78 is 36.9. The van der Waals surface area contributed by atoms with Gasteiger partial charge in [0, 0.05) is 5.56 Å². The maximum absolute atomic E-state index is 13.1. The monoisotopic (exact) mass is 406 g/mol. The fourth-order valence-corrected chi connectivity index (χ4v) is 3.89. The molecular weight excluding hydrogens is 388 g/mol. The second-order valence-electron chi connectivity index (χ2n) is 6.80. The summed E-state index contributed by atoms with van der Waals surface area (Å²) in [7, 11) is -4.22. The van der Waals surface area contributed by atoms with E-state index in [9.17, 15) is 13.2 Å². The topological polar surface area (TPSA) is 73.6 Å². The van der Waals surface area contributed by atoms with Gasteiger partial charge in [0.05, 0.1) is 5.39 Å². The lowest BCUT2D eigenvalue weighted by Gasteiger charge is -2.12. The van der Waals surface area contributed by atoms with Gasteiger partial charge in [-0.2, -0.15) is 8.42 Å². The van der Waals surface area contributed by atoms with Gasteiger partial charge in [-0.25, -0.2) is 0 Å². The zero-order chi connectivity index (χ0) is 20.6. The molecule has 0 aliphatic heterocycles. The van der Waals surface area contributed by atoms with Crippen LogP contribution in [-0.4, -0.2) is 8.42 Å². The molecule has 1 heterocycles. The van der Waals surface area contributed by atoms with Gasteiger partial charge in [-0.15, -0.1) is 0 Å². The zero-order valence-electron chi connectivity index (χ0n) is 15.9. The molecule has 6 heteroatoms. The summed E-state index contributed by atoms with van der Waals surface area (Å²) in [5.41, 5.74) is 2.29. The van der Waals surface area contributed by atoms with Crippen molar-refractivity contribution in [3.63, 3.8) is 0 Å². The number of hydrogen-bond acceptors (Lipinski definition) is 5. The Bertz CT molecular complexity index is 1350. The largest absolute Gasteiger partial charge is 0.452 e. The molecular formula is C23H18O5S. The van der Waals surface area contributed by atoms with Crippen molar-refractivity contribution in [2.75, 3.05) is 0 Å². The maximum Gasteiger partial charge on any atom is 0.339 e. The third kappa shape index (κ3) is 3.67. The van der Waals surface area contributed by atoms with Crippen LogP contribution in [0.25, 0.3) is 22.3 Å². The number of fused-ring (bicyclic) bond motifs is 1. The first-order valence-electron chi connectivity index (χ1n) is 8.99. The predicted octanol–water partition coefficient (Wildman–Crippen LogP) is 4.84. The van der Waals surface area contributed by atoms with Crippen molar-refractivity contribution in [1.29, 1.82) is 0 Å². The van der Waals surface area contributed by atoms with Crippen LogP contribution in [0.1, 0.15) is 11.1 Å². The number of benzene rings is 3. The molecule has 0 saturated carbocycles. The van der Waals surface area contributed by atoms with Crippen molar-refractivity contribution in [3.8, 4) is 17.1 Å². The Balaban J connectivity index is 1.93. The van der Waals surface area contributed by atoms with Gasteiger partial charge in [0.15, 0.2) is 5.76 Å². The van der Waals surface area contributed by atoms with Gasteiger partial charge in [0.2, 0.25) is 11.2 Å². The Hall–Kier alpha value is -3.38. The highest BCUT2D eigenvalue weighted by molar-refractivity contribution is 7.87. The van der Waals surface area contributed by atoms with E-state index in [0.29, 0.717) is 11.1 Å². The van der Waals surface area contributed by atoms with Crippen LogP contribution >= 0.6 is 0 Å². The molecule has 29 heavy (non-hydrogen) atoms. The van der Waals surface area contributed by atoms with Crippen molar-refractivity contribution in [3.05, 3.63) is 94.1 Å². The predicted molar refractivity (Wildman–Crippen MR) is 112 cm³/mol. The fourth-order valence-electron chi connectivity index (χ4n) is 2.96. The Morgan fingerprint density at radius 2 is 1.38 bits per heavy atom. The summed E-state index contributed by atoms with van der Waals surface area (Å²) in [6.45, 7) is 3.78. The second-order valence-corrected chi connectivity index (χ2v) is 8.35. The maximum atomic E-state index is 13.1. The van der Waals surface area contributed by atoms with Crippen LogP contribution in [0.2, 0.25) is 0 Å². The van der Waals surface area contributed by atoms with Crippen LogP contribution in [0.15, 0.2) is 86.9 Å². The van der Waals surface area contributed by atoms with E-state index >= 15 is 0 Å². The molecule has 4 aromatic rings. The number of rotatable bonds is 4. The van der Waals surface area contributed by atoms with Crippen LogP contribution < -0.4 is 9.61 Å². The molecule has 1 aromatic heterocycles. The molecule has 146 valence electrons. The SMILES string of the molecule is Cc1ccc(-c2oc3ccccc3c(=O)c2OS(=O)(=O)c2ccc(C)cc2)cc1. The lowest BCUT2D eigenvalue weighted by molar-refractivity contribution is 0.472. The first-order chi connectivity index (χ1) is 13.8. The zero-order valence-corrected chi connectivity index (χ0v) is 16.7. The highest BCUT2D eigenvalue weighted by atomic mass is 32.2. The van der Waals surface area contributed by atoms with Crippen molar-refractivity contribution in [2.45, 2.75) is 18.7 Å². The lowest BCUT2D eigenvalue weighted by atomic mass is 10.1. The summed E-state index contributed by atoms with van der Waals surface area (Å²) in [5.74, 6) is -0.280. The van der Waals surface area contributed by atoms with Crippen molar-refractivity contribution >= 4 is 21.1 Å². The molecule has 0 atom stereocenters. The van der Waals surface area contributed by atoms with Gasteiger partial charge in [0.25, 0.3) is 0 Å². The summed E-state index contributed by atoms with van der Waals surface area (Å²) in [6, 6.07) is 20.1. The average Bonchev–Trinajstić information content (AvgIpc) is 2.71. The molecule has 0 unspecified atom stereocenters. The third-order valence-corrected chi connectivity index (χ3v) is 5.81. The molecule has 5 nitrogen and oxygen atoms in total. The normalized spacial score (nSPS) is 11.5. The van der Waals surface area contributed by atoms with Crippen LogP contribution in [0.3, 0.4) is 0 Å². The fraction of sp³-hybridized carbons (Fsp3) is 0.0870. The standard InChI is InChI=1S/C23H18O5S/c1-15-7-11-17(12-8-15)22-23(21(24)19-5-3-4-6-20(19)27-22)28-29(25,26)18-13-9-16(2)10-14-18/h3-14H,1-2H3. The van der Waals surface area contributed by atoms with E-state index < -0.39 is 15.5 Å². The van der Waals surface area contributed by atoms with E-state index in [0.717, 1.165) is 11.1 Å². The summed E-state index contributed by atoms with van der Waals surface area (Å²) in [4.78, 5) is 13.1. The molecule has 4 rings (SSSR count). The highest BCUT2D eigenvalue weighted by Gasteiger charge is 2.25. The summed E-state index contributed by atoms with van der Waals surface area (Å²) >= 11 is 0.